The zero-order valence-electron chi connectivity index (χ0n) is 9.67. The molecule has 5 heteroatoms. The summed E-state index contributed by atoms with van der Waals surface area (Å²) in [6.07, 6.45) is 5.96. The molecular formula is C12H16N4O. The van der Waals surface area contributed by atoms with Crippen LogP contribution in [0.3, 0.4) is 0 Å². The Morgan fingerprint density at radius 2 is 2.47 bits per heavy atom. The van der Waals surface area contributed by atoms with Gasteiger partial charge in [0, 0.05) is 18.3 Å². The molecule has 1 aliphatic heterocycles. The first-order valence-electron chi connectivity index (χ1n) is 6.06. The van der Waals surface area contributed by atoms with E-state index in [1.54, 1.807) is 10.7 Å². The SMILES string of the molecule is c1cc2nc(OCCC3CCNC3)ccn2n1. The first kappa shape index (κ1) is 10.5. The lowest BCUT2D eigenvalue weighted by Gasteiger charge is -2.09. The molecule has 0 aromatic carbocycles. The molecule has 1 atom stereocenters. The van der Waals surface area contributed by atoms with Gasteiger partial charge in [0.05, 0.1) is 12.8 Å². The maximum absolute atomic E-state index is 5.67. The topological polar surface area (TPSA) is 51.5 Å². The Balaban J connectivity index is 1.56. The van der Waals surface area contributed by atoms with E-state index in [0.29, 0.717) is 5.88 Å². The summed E-state index contributed by atoms with van der Waals surface area (Å²) < 4.78 is 7.40. The van der Waals surface area contributed by atoms with E-state index in [2.05, 4.69) is 15.4 Å². The molecule has 0 radical (unpaired) electrons. The third kappa shape index (κ3) is 2.39. The molecule has 0 spiro atoms. The van der Waals surface area contributed by atoms with Gasteiger partial charge in [0.1, 0.15) is 0 Å². The van der Waals surface area contributed by atoms with Crippen molar-refractivity contribution in [1.29, 1.82) is 0 Å². The van der Waals surface area contributed by atoms with Crippen LogP contribution in [0.5, 0.6) is 5.88 Å². The molecule has 0 saturated carbocycles. The number of aromatic nitrogens is 3. The standard InChI is InChI=1S/C12H16N4O/c1-5-13-9-10(1)4-8-17-12-3-7-16-11(15-12)2-6-14-16/h2-3,6-7,10,13H,1,4-5,8-9H2. The molecule has 1 aliphatic rings. The van der Waals surface area contributed by atoms with Gasteiger partial charge in [-0.05, 0) is 31.8 Å². The molecule has 2 aromatic heterocycles. The highest BCUT2D eigenvalue weighted by Crippen LogP contribution is 2.14. The molecule has 0 aliphatic carbocycles. The van der Waals surface area contributed by atoms with Crippen molar-refractivity contribution in [3.63, 3.8) is 0 Å². The molecule has 3 rings (SSSR count). The van der Waals surface area contributed by atoms with Crippen LogP contribution < -0.4 is 10.1 Å². The van der Waals surface area contributed by atoms with Gasteiger partial charge >= 0.3 is 0 Å². The van der Waals surface area contributed by atoms with Gasteiger partial charge in [0.25, 0.3) is 0 Å². The fourth-order valence-corrected chi connectivity index (χ4v) is 2.17. The van der Waals surface area contributed by atoms with Crippen LogP contribution >= 0.6 is 0 Å². The van der Waals surface area contributed by atoms with E-state index >= 15 is 0 Å². The summed E-state index contributed by atoms with van der Waals surface area (Å²) in [6.45, 7) is 3.01. The van der Waals surface area contributed by atoms with E-state index in [4.69, 9.17) is 4.74 Å². The summed E-state index contributed by atoms with van der Waals surface area (Å²) >= 11 is 0. The van der Waals surface area contributed by atoms with Crippen LogP contribution in [0.2, 0.25) is 0 Å². The van der Waals surface area contributed by atoms with Gasteiger partial charge in [0.2, 0.25) is 5.88 Å². The summed E-state index contributed by atoms with van der Waals surface area (Å²) in [4.78, 5) is 4.36. The lowest BCUT2D eigenvalue weighted by atomic mass is 10.1. The minimum atomic E-state index is 0.684. The van der Waals surface area contributed by atoms with Crippen molar-refractivity contribution in [2.45, 2.75) is 12.8 Å². The highest BCUT2D eigenvalue weighted by atomic mass is 16.5. The van der Waals surface area contributed by atoms with Crippen LogP contribution in [0, 0.1) is 5.92 Å². The van der Waals surface area contributed by atoms with Crippen LogP contribution in [0.1, 0.15) is 12.8 Å². The monoisotopic (exact) mass is 232 g/mol. The number of fused-ring (bicyclic) bond motifs is 1. The van der Waals surface area contributed by atoms with Crippen LogP contribution in [0.4, 0.5) is 0 Å². The fraction of sp³-hybridized carbons (Fsp3) is 0.500. The molecule has 5 nitrogen and oxygen atoms in total. The molecule has 1 N–H and O–H groups in total. The molecule has 0 bridgehead atoms. The zero-order chi connectivity index (χ0) is 11.5. The van der Waals surface area contributed by atoms with E-state index in [9.17, 15) is 0 Å². The van der Waals surface area contributed by atoms with Gasteiger partial charge in [-0.25, -0.2) is 4.52 Å². The van der Waals surface area contributed by atoms with E-state index in [1.807, 2.05) is 18.3 Å². The van der Waals surface area contributed by atoms with Gasteiger partial charge in [-0.15, -0.1) is 0 Å². The Bertz CT molecular complexity index is 490. The predicted molar refractivity (Wildman–Crippen MR) is 64.1 cm³/mol. The van der Waals surface area contributed by atoms with Gasteiger partial charge in [-0.2, -0.15) is 10.1 Å². The summed E-state index contributed by atoms with van der Waals surface area (Å²) in [6, 6.07) is 3.72. The molecular weight excluding hydrogens is 216 g/mol. The molecule has 3 heterocycles. The maximum atomic E-state index is 5.67. The van der Waals surface area contributed by atoms with Crippen molar-refractivity contribution in [1.82, 2.24) is 19.9 Å². The average molecular weight is 232 g/mol. The quantitative estimate of drug-likeness (QED) is 0.858. The van der Waals surface area contributed by atoms with E-state index < -0.39 is 0 Å². The Kier molecular flexibility index (Phi) is 2.92. The van der Waals surface area contributed by atoms with E-state index in [1.165, 1.54) is 6.42 Å². The molecule has 2 aromatic rings. The maximum Gasteiger partial charge on any atom is 0.216 e. The van der Waals surface area contributed by atoms with Crippen LogP contribution in [0.15, 0.2) is 24.5 Å². The summed E-state index contributed by atoms with van der Waals surface area (Å²) in [5.74, 6) is 1.44. The summed E-state index contributed by atoms with van der Waals surface area (Å²) in [5.41, 5.74) is 0.824. The van der Waals surface area contributed by atoms with Gasteiger partial charge in [-0.1, -0.05) is 0 Å². The minimum absolute atomic E-state index is 0.684. The summed E-state index contributed by atoms with van der Waals surface area (Å²) in [5, 5.41) is 7.45. The Hall–Kier alpha value is -1.62. The van der Waals surface area contributed by atoms with Crippen LogP contribution in [-0.4, -0.2) is 34.3 Å². The number of rotatable bonds is 4. The van der Waals surface area contributed by atoms with E-state index in [0.717, 1.165) is 37.7 Å². The molecule has 1 saturated heterocycles. The fourth-order valence-electron chi connectivity index (χ4n) is 2.17. The Labute approximate surface area is 99.8 Å². The summed E-state index contributed by atoms with van der Waals surface area (Å²) in [7, 11) is 0. The number of hydrogen-bond donors (Lipinski definition) is 1. The predicted octanol–water partition coefficient (Wildman–Crippen LogP) is 1.11. The first-order valence-corrected chi connectivity index (χ1v) is 6.06. The second-order valence-corrected chi connectivity index (χ2v) is 4.40. The van der Waals surface area contributed by atoms with Crippen LogP contribution in [0.25, 0.3) is 5.65 Å². The lowest BCUT2D eigenvalue weighted by Crippen LogP contribution is -2.12. The van der Waals surface area contributed by atoms with Crippen molar-refractivity contribution < 1.29 is 4.74 Å². The zero-order valence-corrected chi connectivity index (χ0v) is 9.67. The molecule has 1 unspecified atom stereocenters. The number of nitrogens with zero attached hydrogens (tertiary/aromatic N) is 3. The minimum Gasteiger partial charge on any atom is -0.478 e. The third-order valence-electron chi connectivity index (χ3n) is 3.17. The average Bonchev–Trinajstić information content (AvgIpc) is 2.98. The van der Waals surface area contributed by atoms with E-state index in [-0.39, 0.29) is 0 Å². The van der Waals surface area contributed by atoms with Crippen molar-refractivity contribution in [3.05, 3.63) is 24.5 Å². The first-order chi connectivity index (χ1) is 8.42. The van der Waals surface area contributed by atoms with Crippen molar-refractivity contribution in [2.24, 2.45) is 5.92 Å². The highest BCUT2D eigenvalue weighted by molar-refractivity contribution is 5.37. The molecule has 17 heavy (non-hydrogen) atoms. The van der Waals surface area contributed by atoms with Gasteiger partial charge in [-0.3, -0.25) is 0 Å². The highest BCUT2D eigenvalue weighted by Gasteiger charge is 2.14. The Morgan fingerprint density at radius 1 is 1.47 bits per heavy atom. The second-order valence-electron chi connectivity index (χ2n) is 4.40. The lowest BCUT2D eigenvalue weighted by molar-refractivity contribution is 0.274. The van der Waals surface area contributed by atoms with Gasteiger partial charge < -0.3 is 10.1 Å². The molecule has 90 valence electrons. The van der Waals surface area contributed by atoms with Crippen molar-refractivity contribution in [2.75, 3.05) is 19.7 Å². The third-order valence-corrected chi connectivity index (χ3v) is 3.17. The number of ether oxygens (including phenoxy) is 1. The number of nitrogens with one attached hydrogen (secondary N) is 1. The second kappa shape index (κ2) is 4.71. The smallest absolute Gasteiger partial charge is 0.216 e. The van der Waals surface area contributed by atoms with Crippen molar-refractivity contribution >= 4 is 5.65 Å². The molecule has 1 fully saturated rings. The largest absolute Gasteiger partial charge is 0.478 e. The number of hydrogen-bond acceptors (Lipinski definition) is 4. The van der Waals surface area contributed by atoms with Crippen LogP contribution in [-0.2, 0) is 0 Å². The van der Waals surface area contributed by atoms with Gasteiger partial charge in [0.15, 0.2) is 5.65 Å². The molecule has 0 amide bonds. The Morgan fingerprint density at radius 3 is 3.35 bits per heavy atom. The normalized spacial score (nSPS) is 19.9. The van der Waals surface area contributed by atoms with Crippen molar-refractivity contribution in [3.8, 4) is 5.88 Å².